The van der Waals surface area contributed by atoms with Crippen LogP contribution in [0.4, 0.5) is 4.79 Å². The number of carbonyl (C=O) groups excluding carboxylic acids is 5. The molecule has 1 saturated heterocycles. The average Bonchev–Trinajstić information content (AvgIpc) is 3.14. The molecule has 5 atom stereocenters. The molecule has 5 amide bonds. The van der Waals surface area contributed by atoms with Gasteiger partial charge in [0.25, 0.3) is 5.91 Å². The number of amides is 5. The fraction of sp³-hybridized carbons (Fsp3) is 0.800. The zero-order chi connectivity index (χ0) is 27.7. The van der Waals surface area contributed by atoms with E-state index in [1.165, 1.54) is 4.90 Å². The molecule has 2 aliphatic carbocycles. The molecule has 208 valence electrons. The topological polar surface area (TPSA) is 151 Å². The van der Waals surface area contributed by atoms with Gasteiger partial charge in [-0.2, -0.15) is 0 Å². The number of nitrogens with zero attached hydrogens (tertiary/aromatic N) is 1. The highest BCUT2D eigenvalue weighted by atomic mass is 35.5. The molecular weight excluding hydrogens is 521 g/mol. The first-order valence-corrected chi connectivity index (χ1v) is 13.9. The summed E-state index contributed by atoms with van der Waals surface area (Å²) in [4.78, 5) is 65.5. The summed E-state index contributed by atoms with van der Waals surface area (Å²) in [6.07, 6.45) is 5.27. The molecular formula is C25H39Cl2N5O5. The number of rotatable bonds is 9. The molecule has 0 aromatic heterocycles. The third kappa shape index (κ3) is 6.69. The maximum atomic E-state index is 14.0. The molecule has 37 heavy (non-hydrogen) atoms. The molecule has 3 rings (SSSR count). The number of nitrogens with two attached hydrogens (primary N) is 1. The summed E-state index contributed by atoms with van der Waals surface area (Å²) in [5.41, 5.74) is 4.67. The van der Waals surface area contributed by atoms with Crippen LogP contribution in [0.2, 0.25) is 0 Å². The third-order valence-corrected chi connectivity index (χ3v) is 8.56. The molecule has 3 unspecified atom stereocenters. The fourth-order valence-corrected chi connectivity index (χ4v) is 6.49. The predicted molar refractivity (Wildman–Crippen MR) is 140 cm³/mol. The Labute approximate surface area is 228 Å². The van der Waals surface area contributed by atoms with Crippen molar-refractivity contribution in [3.8, 4) is 0 Å². The van der Waals surface area contributed by atoms with Gasteiger partial charge < -0.3 is 26.6 Å². The van der Waals surface area contributed by atoms with Crippen molar-refractivity contribution in [1.82, 2.24) is 20.9 Å². The van der Waals surface area contributed by atoms with Crippen molar-refractivity contribution in [3.05, 3.63) is 0 Å². The first-order chi connectivity index (χ1) is 17.2. The number of piperidine rings is 1. The molecule has 3 fully saturated rings. The summed E-state index contributed by atoms with van der Waals surface area (Å²) in [5.74, 6) is -3.95. The number of hydrogen-bond acceptors (Lipinski definition) is 5. The lowest BCUT2D eigenvalue weighted by Crippen LogP contribution is -2.61. The number of ketones is 1. The van der Waals surface area contributed by atoms with Crippen molar-refractivity contribution >= 4 is 52.7 Å². The summed E-state index contributed by atoms with van der Waals surface area (Å²) < 4.78 is -1.18. The lowest BCUT2D eigenvalue weighted by atomic mass is 9.83. The molecule has 0 radical (unpaired) electrons. The van der Waals surface area contributed by atoms with Crippen LogP contribution in [0.3, 0.4) is 0 Å². The van der Waals surface area contributed by atoms with E-state index in [0.717, 1.165) is 32.1 Å². The minimum atomic E-state index is -1.18. The van der Waals surface area contributed by atoms with E-state index in [0.29, 0.717) is 6.42 Å². The van der Waals surface area contributed by atoms with Crippen molar-refractivity contribution in [2.45, 2.75) is 101 Å². The standard InChI is InChI=1S/C25H39Cl2N5O5/c1-5-9-15(19(33)20(28)34)29-21(35)18-16-14(25(16,26)27)12-32(18)22(36)17(13-10-7-6-8-11-13)30-23(37)31-24(2,3)4/h13-18H,5-12H2,1-4H3,(H2,28,34)(H,29,35)(H2,30,31,37)/t14?,15?,16?,17-,18-/m0/s1. The number of likely N-dealkylation sites (tertiary alicyclic amines) is 1. The summed E-state index contributed by atoms with van der Waals surface area (Å²) in [5, 5.41) is 8.32. The second-order valence-corrected chi connectivity index (χ2v) is 13.0. The number of carbonyl (C=O) groups is 5. The highest BCUT2D eigenvalue weighted by Crippen LogP contribution is 2.65. The molecule has 0 bridgehead atoms. The van der Waals surface area contributed by atoms with Crippen LogP contribution in [0.15, 0.2) is 0 Å². The van der Waals surface area contributed by atoms with Crippen LogP contribution in [0.25, 0.3) is 0 Å². The van der Waals surface area contributed by atoms with Crippen molar-refractivity contribution in [2.75, 3.05) is 6.54 Å². The van der Waals surface area contributed by atoms with Crippen LogP contribution in [0, 0.1) is 17.8 Å². The second-order valence-electron chi connectivity index (χ2n) is 11.5. The molecule has 0 aromatic carbocycles. The Kier molecular flexibility index (Phi) is 9.05. The van der Waals surface area contributed by atoms with Crippen molar-refractivity contribution < 1.29 is 24.0 Å². The largest absolute Gasteiger partial charge is 0.363 e. The van der Waals surface area contributed by atoms with E-state index >= 15 is 0 Å². The summed E-state index contributed by atoms with van der Waals surface area (Å²) in [6, 6.07) is -3.42. The summed E-state index contributed by atoms with van der Waals surface area (Å²) in [7, 11) is 0. The molecule has 5 N–H and O–H groups in total. The van der Waals surface area contributed by atoms with Gasteiger partial charge in [-0.05, 0) is 46.0 Å². The van der Waals surface area contributed by atoms with Gasteiger partial charge in [0.15, 0.2) is 0 Å². The number of hydrogen-bond donors (Lipinski definition) is 4. The van der Waals surface area contributed by atoms with Crippen molar-refractivity contribution in [2.24, 2.45) is 23.5 Å². The van der Waals surface area contributed by atoms with Gasteiger partial charge in [-0.3, -0.25) is 19.2 Å². The Balaban J connectivity index is 1.85. The quantitative estimate of drug-likeness (QED) is 0.251. The van der Waals surface area contributed by atoms with E-state index in [1.807, 2.05) is 20.8 Å². The molecule has 0 aromatic rings. The average molecular weight is 561 g/mol. The molecule has 3 aliphatic rings. The van der Waals surface area contributed by atoms with Crippen LogP contribution < -0.4 is 21.7 Å². The Hall–Kier alpha value is -2.07. The van der Waals surface area contributed by atoms with Gasteiger partial charge >= 0.3 is 6.03 Å². The molecule has 2 saturated carbocycles. The molecule has 10 nitrogen and oxygen atoms in total. The Morgan fingerprint density at radius 3 is 2.22 bits per heavy atom. The van der Waals surface area contributed by atoms with Gasteiger partial charge in [0, 0.05) is 23.9 Å². The van der Waals surface area contributed by atoms with Crippen molar-refractivity contribution in [3.63, 3.8) is 0 Å². The van der Waals surface area contributed by atoms with E-state index in [-0.39, 0.29) is 30.7 Å². The number of Topliss-reactive ketones (excluding diaryl/α,β-unsaturated/α-hetero) is 1. The summed E-state index contributed by atoms with van der Waals surface area (Å²) in [6.45, 7) is 7.50. The lowest BCUT2D eigenvalue weighted by Gasteiger charge is -2.37. The highest BCUT2D eigenvalue weighted by Gasteiger charge is 2.74. The lowest BCUT2D eigenvalue weighted by molar-refractivity contribution is -0.144. The number of fused-ring (bicyclic) bond motifs is 1. The first kappa shape index (κ1) is 29.5. The minimum Gasteiger partial charge on any atom is -0.363 e. The Bertz CT molecular complexity index is 931. The Morgan fingerprint density at radius 2 is 1.68 bits per heavy atom. The second kappa shape index (κ2) is 11.4. The normalized spacial score (nSPS) is 26.4. The van der Waals surface area contributed by atoms with E-state index in [4.69, 9.17) is 28.9 Å². The molecule has 1 aliphatic heterocycles. The summed E-state index contributed by atoms with van der Waals surface area (Å²) >= 11 is 12.9. The molecule has 12 heteroatoms. The van der Waals surface area contributed by atoms with Crippen LogP contribution in [-0.4, -0.2) is 69.0 Å². The highest BCUT2D eigenvalue weighted by molar-refractivity contribution is 6.51. The first-order valence-electron chi connectivity index (χ1n) is 13.1. The van der Waals surface area contributed by atoms with E-state index < -0.39 is 57.5 Å². The predicted octanol–water partition coefficient (Wildman–Crippen LogP) is 2.00. The zero-order valence-electron chi connectivity index (χ0n) is 21.9. The van der Waals surface area contributed by atoms with Gasteiger partial charge in [-0.1, -0.05) is 32.6 Å². The number of halogens is 2. The zero-order valence-corrected chi connectivity index (χ0v) is 23.5. The molecule has 0 spiro atoms. The van der Waals surface area contributed by atoms with E-state index in [1.54, 1.807) is 6.92 Å². The van der Waals surface area contributed by atoms with Gasteiger partial charge in [-0.15, -0.1) is 23.2 Å². The fourth-order valence-electron chi connectivity index (χ4n) is 5.66. The van der Waals surface area contributed by atoms with Gasteiger partial charge in [0.05, 0.1) is 6.04 Å². The molecule has 1 heterocycles. The van der Waals surface area contributed by atoms with Crippen LogP contribution in [-0.2, 0) is 19.2 Å². The smallest absolute Gasteiger partial charge is 0.315 e. The maximum absolute atomic E-state index is 14.0. The monoisotopic (exact) mass is 559 g/mol. The van der Waals surface area contributed by atoms with Gasteiger partial charge in [0.1, 0.15) is 16.4 Å². The number of alkyl halides is 2. The minimum absolute atomic E-state index is 0.0753. The number of primary amides is 1. The maximum Gasteiger partial charge on any atom is 0.315 e. The van der Waals surface area contributed by atoms with Crippen molar-refractivity contribution in [1.29, 1.82) is 0 Å². The van der Waals surface area contributed by atoms with Crippen LogP contribution in [0.5, 0.6) is 0 Å². The number of urea groups is 1. The SMILES string of the molecule is CCCC(NC(=O)[C@@H]1C2C(CN1C(=O)[C@@H](NC(=O)NC(C)(C)C)C1CCCCC1)C2(Cl)Cl)C(=O)C(N)=O. The van der Waals surface area contributed by atoms with Crippen LogP contribution >= 0.6 is 23.2 Å². The van der Waals surface area contributed by atoms with Gasteiger partial charge in [-0.25, -0.2) is 4.79 Å². The third-order valence-electron chi connectivity index (χ3n) is 7.50. The Morgan fingerprint density at radius 1 is 1.05 bits per heavy atom. The number of nitrogens with one attached hydrogen (secondary N) is 3. The van der Waals surface area contributed by atoms with E-state index in [2.05, 4.69) is 16.0 Å². The van der Waals surface area contributed by atoms with Gasteiger partial charge in [0.2, 0.25) is 17.6 Å². The van der Waals surface area contributed by atoms with E-state index in [9.17, 15) is 24.0 Å². The van der Waals surface area contributed by atoms with Crippen LogP contribution in [0.1, 0.15) is 72.6 Å².